The third-order valence-electron chi connectivity index (χ3n) is 3.70. The molecule has 4 rings (SSSR count). The van der Waals surface area contributed by atoms with Gasteiger partial charge in [0.15, 0.2) is 0 Å². The van der Waals surface area contributed by atoms with Crippen LogP contribution in [0.1, 0.15) is 0 Å². The van der Waals surface area contributed by atoms with E-state index in [9.17, 15) is 9.50 Å². The molecule has 1 N–H and O–H groups in total. The van der Waals surface area contributed by atoms with Gasteiger partial charge in [-0.15, -0.1) is 0 Å². The SMILES string of the molecule is Oc1ccc(Oc2ccc(-c3noc(-c4ccc(F)cc4)n3)cc2)cc1. The summed E-state index contributed by atoms with van der Waals surface area (Å²) in [4.78, 5) is 4.33. The van der Waals surface area contributed by atoms with Gasteiger partial charge in [-0.2, -0.15) is 4.98 Å². The van der Waals surface area contributed by atoms with Crippen molar-refractivity contribution in [2.45, 2.75) is 0 Å². The van der Waals surface area contributed by atoms with Crippen LogP contribution < -0.4 is 4.74 Å². The van der Waals surface area contributed by atoms with E-state index in [4.69, 9.17) is 9.26 Å². The Hall–Kier alpha value is -3.67. The Balaban J connectivity index is 1.52. The van der Waals surface area contributed by atoms with Crippen LogP contribution in [0.3, 0.4) is 0 Å². The zero-order valence-corrected chi connectivity index (χ0v) is 13.5. The van der Waals surface area contributed by atoms with Crippen LogP contribution in [0.25, 0.3) is 22.8 Å². The third kappa shape index (κ3) is 3.39. The molecule has 0 saturated carbocycles. The summed E-state index contributed by atoms with van der Waals surface area (Å²) in [6.45, 7) is 0. The van der Waals surface area contributed by atoms with Crippen LogP contribution in [0.15, 0.2) is 77.3 Å². The molecule has 0 aliphatic carbocycles. The lowest BCUT2D eigenvalue weighted by molar-refractivity contribution is 0.432. The van der Waals surface area contributed by atoms with Gasteiger partial charge < -0.3 is 14.4 Å². The van der Waals surface area contributed by atoms with Crippen LogP contribution in [0, 0.1) is 5.82 Å². The zero-order chi connectivity index (χ0) is 17.9. The average molecular weight is 348 g/mol. The lowest BCUT2D eigenvalue weighted by Crippen LogP contribution is -1.85. The average Bonchev–Trinajstić information content (AvgIpc) is 3.15. The van der Waals surface area contributed by atoms with Gasteiger partial charge in [-0.1, -0.05) is 5.16 Å². The van der Waals surface area contributed by atoms with Crippen LogP contribution in [-0.2, 0) is 0 Å². The highest BCUT2D eigenvalue weighted by atomic mass is 19.1. The normalized spacial score (nSPS) is 10.7. The largest absolute Gasteiger partial charge is 0.508 e. The van der Waals surface area contributed by atoms with Crippen molar-refractivity contribution in [3.05, 3.63) is 78.6 Å². The molecule has 0 saturated heterocycles. The van der Waals surface area contributed by atoms with Gasteiger partial charge in [0.1, 0.15) is 23.1 Å². The number of phenolic OH excluding ortho intramolecular Hbond substituents is 1. The summed E-state index contributed by atoms with van der Waals surface area (Å²) in [5, 5.41) is 13.2. The van der Waals surface area contributed by atoms with Crippen molar-refractivity contribution >= 4 is 0 Å². The predicted octanol–water partition coefficient (Wildman–Crippen LogP) is 5.04. The van der Waals surface area contributed by atoms with Gasteiger partial charge in [0.05, 0.1) is 0 Å². The van der Waals surface area contributed by atoms with Gasteiger partial charge in [0, 0.05) is 11.1 Å². The number of rotatable bonds is 4. The van der Waals surface area contributed by atoms with Crippen LogP contribution in [0.5, 0.6) is 17.2 Å². The monoisotopic (exact) mass is 348 g/mol. The predicted molar refractivity (Wildman–Crippen MR) is 93.3 cm³/mol. The van der Waals surface area contributed by atoms with Crippen molar-refractivity contribution in [2.75, 3.05) is 0 Å². The van der Waals surface area contributed by atoms with Gasteiger partial charge >= 0.3 is 0 Å². The quantitative estimate of drug-likeness (QED) is 0.559. The molecular formula is C20H13FN2O3. The number of aromatic hydroxyl groups is 1. The van der Waals surface area contributed by atoms with Gasteiger partial charge in [-0.25, -0.2) is 4.39 Å². The van der Waals surface area contributed by atoms with Gasteiger partial charge in [-0.3, -0.25) is 0 Å². The molecule has 5 nitrogen and oxygen atoms in total. The molecule has 0 radical (unpaired) electrons. The highest BCUT2D eigenvalue weighted by Crippen LogP contribution is 2.27. The maximum absolute atomic E-state index is 13.0. The summed E-state index contributed by atoms with van der Waals surface area (Å²) in [6.07, 6.45) is 0. The molecule has 128 valence electrons. The minimum absolute atomic E-state index is 0.182. The fourth-order valence-electron chi connectivity index (χ4n) is 2.37. The number of phenols is 1. The van der Waals surface area contributed by atoms with Gasteiger partial charge in [0.2, 0.25) is 5.82 Å². The van der Waals surface area contributed by atoms with E-state index < -0.39 is 0 Å². The zero-order valence-electron chi connectivity index (χ0n) is 13.5. The first-order chi connectivity index (χ1) is 12.7. The molecule has 0 amide bonds. The Morgan fingerprint density at radius 1 is 0.769 bits per heavy atom. The van der Waals surface area contributed by atoms with E-state index in [0.29, 0.717) is 28.8 Å². The van der Waals surface area contributed by atoms with Crippen molar-refractivity contribution < 1.29 is 18.8 Å². The van der Waals surface area contributed by atoms with E-state index in [1.165, 1.54) is 12.1 Å². The fourth-order valence-corrected chi connectivity index (χ4v) is 2.37. The van der Waals surface area contributed by atoms with Crippen LogP contribution in [0.2, 0.25) is 0 Å². The van der Waals surface area contributed by atoms with Gasteiger partial charge in [-0.05, 0) is 72.8 Å². The molecule has 0 atom stereocenters. The standard InChI is InChI=1S/C20H13FN2O3/c21-15-5-1-14(2-6-15)20-22-19(23-26-20)13-3-9-17(10-4-13)25-18-11-7-16(24)8-12-18/h1-12,24H. The third-order valence-corrected chi connectivity index (χ3v) is 3.70. The smallest absolute Gasteiger partial charge is 0.258 e. The van der Waals surface area contributed by atoms with E-state index in [1.54, 1.807) is 48.5 Å². The fraction of sp³-hybridized carbons (Fsp3) is 0. The van der Waals surface area contributed by atoms with E-state index in [1.807, 2.05) is 12.1 Å². The number of hydrogen-bond donors (Lipinski definition) is 1. The van der Waals surface area contributed by atoms with Crippen molar-refractivity contribution in [2.24, 2.45) is 0 Å². The minimum Gasteiger partial charge on any atom is -0.508 e. The number of aromatic nitrogens is 2. The molecule has 6 heteroatoms. The number of benzene rings is 3. The second-order valence-electron chi connectivity index (χ2n) is 5.55. The highest BCUT2D eigenvalue weighted by molar-refractivity contribution is 5.60. The molecule has 26 heavy (non-hydrogen) atoms. The molecule has 1 heterocycles. The maximum Gasteiger partial charge on any atom is 0.258 e. The molecule has 1 aromatic heterocycles. The molecule has 0 aliphatic rings. The molecule has 0 unspecified atom stereocenters. The van der Waals surface area contributed by atoms with E-state index >= 15 is 0 Å². The molecule has 0 aliphatic heterocycles. The lowest BCUT2D eigenvalue weighted by Gasteiger charge is -2.05. The Morgan fingerprint density at radius 2 is 1.35 bits per heavy atom. The second kappa shape index (κ2) is 6.68. The Bertz CT molecular complexity index is 1010. The van der Waals surface area contributed by atoms with Crippen molar-refractivity contribution in [1.82, 2.24) is 10.1 Å². The Morgan fingerprint density at radius 3 is 2.00 bits per heavy atom. The van der Waals surface area contributed by atoms with E-state index in [2.05, 4.69) is 10.1 Å². The van der Waals surface area contributed by atoms with E-state index in [0.717, 1.165) is 5.56 Å². The van der Waals surface area contributed by atoms with Crippen molar-refractivity contribution in [3.63, 3.8) is 0 Å². The summed E-state index contributed by atoms with van der Waals surface area (Å²) in [6, 6.07) is 19.5. The first-order valence-electron chi connectivity index (χ1n) is 7.84. The first-order valence-corrected chi connectivity index (χ1v) is 7.84. The number of hydrogen-bond acceptors (Lipinski definition) is 5. The summed E-state index contributed by atoms with van der Waals surface area (Å²) < 4.78 is 23.9. The summed E-state index contributed by atoms with van der Waals surface area (Å²) in [5.74, 6) is 1.87. The van der Waals surface area contributed by atoms with Crippen molar-refractivity contribution in [1.29, 1.82) is 0 Å². The molecule has 0 bridgehead atoms. The lowest BCUT2D eigenvalue weighted by atomic mass is 10.2. The second-order valence-corrected chi connectivity index (χ2v) is 5.55. The topological polar surface area (TPSA) is 68.4 Å². The van der Waals surface area contributed by atoms with Crippen molar-refractivity contribution in [3.8, 4) is 40.1 Å². The number of nitrogens with zero attached hydrogens (tertiary/aromatic N) is 2. The maximum atomic E-state index is 13.0. The molecule has 0 fully saturated rings. The van der Waals surface area contributed by atoms with E-state index in [-0.39, 0.29) is 11.6 Å². The van der Waals surface area contributed by atoms with Crippen LogP contribution in [-0.4, -0.2) is 15.2 Å². The summed E-state index contributed by atoms with van der Waals surface area (Å²) >= 11 is 0. The summed E-state index contributed by atoms with van der Waals surface area (Å²) in [5.41, 5.74) is 1.41. The minimum atomic E-state index is -0.322. The Kier molecular flexibility index (Phi) is 4.07. The summed E-state index contributed by atoms with van der Waals surface area (Å²) in [7, 11) is 0. The molecule has 4 aromatic rings. The highest BCUT2D eigenvalue weighted by Gasteiger charge is 2.11. The van der Waals surface area contributed by atoms with Crippen LogP contribution >= 0.6 is 0 Å². The first kappa shape index (κ1) is 15.8. The molecule has 3 aromatic carbocycles. The van der Waals surface area contributed by atoms with Crippen LogP contribution in [0.4, 0.5) is 4.39 Å². The number of ether oxygens (including phenoxy) is 1. The molecule has 0 spiro atoms. The number of halogens is 1. The molecular weight excluding hydrogens is 335 g/mol. The Labute approximate surface area is 148 Å². The van der Waals surface area contributed by atoms with Gasteiger partial charge in [0.25, 0.3) is 5.89 Å².